The average Bonchev–Trinajstić information content (AvgIpc) is 2.38. The van der Waals surface area contributed by atoms with Gasteiger partial charge in [-0.05, 0) is 24.6 Å². The first-order valence-corrected chi connectivity index (χ1v) is 6.32. The summed E-state index contributed by atoms with van der Waals surface area (Å²) >= 11 is 0. The number of aryl methyl sites for hydroxylation is 1. The van der Waals surface area contributed by atoms with Crippen molar-refractivity contribution in [3.8, 4) is 0 Å². The fraction of sp³-hybridized carbons (Fsp3) is 0.357. The molecule has 0 aliphatic rings. The number of carbonyl (C=O) groups excluding carboxylic acids is 1. The van der Waals surface area contributed by atoms with Gasteiger partial charge in [0.15, 0.2) is 0 Å². The molecule has 0 fully saturated rings. The number of carbonyl (C=O) groups is 1. The van der Waals surface area contributed by atoms with E-state index < -0.39 is 0 Å². The van der Waals surface area contributed by atoms with Gasteiger partial charge < -0.3 is 10.6 Å². The van der Waals surface area contributed by atoms with Gasteiger partial charge >= 0.3 is 0 Å². The average molecular weight is 258 g/mol. The highest BCUT2D eigenvalue weighted by Gasteiger charge is 2.01. The molecule has 5 heteroatoms. The molecule has 5 nitrogen and oxygen atoms in total. The van der Waals surface area contributed by atoms with Crippen LogP contribution in [-0.4, -0.2) is 29.0 Å². The molecule has 0 aromatic carbocycles. The van der Waals surface area contributed by atoms with Gasteiger partial charge in [-0.3, -0.25) is 14.8 Å². The molecule has 2 heterocycles. The van der Waals surface area contributed by atoms with E-state index in [-0.39, 0.29) is 5.91 Å². The van der Waals surface area contributed by atoms with Gasteiger partial charge in [0.2, 0.25) is 5.91 Å². The van der Waals surface area contributed by atoms with E-state index in [1.165, 1.54) is 6.92 Å². The van der Waals surface area contributed by atoms with E-state index in [1.807, 2.05) is 19.2 Å². The van der Waals surface area contributed by atoms with E-state index in [4.69, 9.17) is 0 Å². The zero-order valence-electron chi connectivity index (χ0n) is 11.2. The molecule has 0 saturated heterocycles. The van der Waals surface area contributed by atoms with Crippen LogP contribution in [0.25, 0.3) is 10.9 Å². The van der Waals surface area contributed by atoms with E-state index in [9.17, 15) is 4.79 Å². The molecule has 1 amide bonds. The lowest BCUT2D eigenvalue weighted by Gasteiger charge is -2.07. The highest BCUT2D eigenvalue weighted by Crippen LogP contribution is 2.14. The minimum Gasteiger partial charge on any atom is -0.355 e. The molecule has 0 aliphatic carbocycles. The Hall–Kier alpha value is -2.01. The van der Waals surface area contributed by atoms with Crippen LogP contribution in [0.15, 0.2) is 24.5 Å². The number of nitrogens with one attached hydrogen (secondary N) is 2. The summed E-state index contributed by atoms with van der Waals surface area (Å²) in [6.07, 6.45) is 3.66. The van der Waals surface area contributed by atoms with Crippen LogP contribution in [-0.2, 0) is 11.3 Å². The lowest BCUT2D eigenvalue weighted by Crippen LogP contribution is -2.29. The Morgan fingerprint density at radius 1 is 1.32 bits per heavy atom. The molecule has 0 unspecified atom stereocenters. The van der Waals surface area contributed by atoms with Gasteiger partial charge in [0.25, 0.3) is 0 Å². The second-order valence-corrected chi connectivity index (χ2v) is 4.47. The summed E-state index contributed by atoms with van der Waals surface area (Å²) in [6.45, 7) is 5.60. The molecule has 0 bridgehead atoms. The maximum atomic E-state index is 10.7. The molecule has 2 aromatic heterocycles. The van der Waals surface area contributed by atoms with Crippen molar-refractivity contribution in [3.63, 3.8) is 0 Å². The highest BCUT2D eigenvalue weighted by molar-refractivity contribution is 5.80. The van der Waals surface area contributed by atoms with Gasteiger partial charge in [0.05, 0.1) is 11.2 Å². The van der Waals surface area contributed by atoms with Crippen LogP contribution in [0.1, 0.15) is 18.2 Å². The number of rotatable bonds is 5. The third-order valence-corrected chi connectivity index (χ3v) is 2.84. The van der Waals surface area contributed by atoms with Gasteiger partial charge in [-0.2, -0.15) is 0 Å². The normalized spacial score (nSPS) is 10.6. The number of amides is 1. The van der Waals surface area contributed by atoms with Gasteiger partial charge in [-0.15, -0.1) is 0 Å². The summed E-state index contributed by atoms with van der Waals surface area (Å²) in [5, 5.41) is 7.11. The summed E-state index contributed by atoms with van der Waals surface area (Å²) in [6, 6.07) is 4.08. The number of aromatic nitrogens is 2. The number of hydrogen-bond acceptors (Lipinski definition) is 4. The molecule has 2 aromatic rings. The Bertz CT molecular complexity index is 583. The Labute approximate surface area is 112 Å². The quantitative estimate of drug-likeness (QED) is 0.790. The van der Waals surface area contributed by atoms with Gasteiger partial charge in [0.1, 0.15) is 0 Å². The number of hydrogen-bond donors (Lipinski definition) is 2. The minimum absolute atomic E-state index is 0.00264. The molecule has 0 aliphatic heterocycles. The van der Waals surface area contributed by atoms with Gasteiger partial charge in [-0.1, -0.05) is 0 Å². The molecule has 0 spiro atoms. The van der Waals surface area contributed by atoms with Crippen molar-refractivity contribution < 1.29 is 4.79 Å². The Morgan fingerprint density at radius 2 is 2.16 bits per heavy atom. The molecular formula is C14H18N4O. The Kier molecular flexibility index (Phi) is 4.41. The van der Waals surface area contributed by atoms with Gasteiger partial charge in [-0.25, -0.2) is 0 Å². The van der Waals surface area contributed by atoms with Crippen molar-refractivity contribution >= 4 is 16.8 Å². The summed E-state index contributed by atoms with van der Waals surface area (Å²) < 4.78 is 0. The lowest BCUT2D eigenvalue weighted by atomic mass is 10.1. The van der Waals surface area contributed by atoms with E-state index in [2.05, 4.69) is 26.7 Å². The predicted molar refractivity (Wildman–Crippen MR) is 74.7 cm³/mol. The molecule has 0 saturated carbocycles. The summed E-state index contributed by atoms with van der Waals surface area (Å²) in [5.41, 5.74) is 3.02. The maximum absolute atomic E-state index is 10.7. The van der Waals surface area contributed by atoms with Crippen molar-refractivity contribution in [1.29, 1.82) is 0 Å². The second kappa shape index (κ2) is 6.24. The standard InChI is InChI=1S/C14H18N4O/c1-10-14-13(3-4-16-10)7-12(9-18-14)8-15-5-6-17-11(2)19/h3-4,7,9,15H,5-6,8H2,1-2H3,(H,17,19). The fourth-order valence-electron chi connectivity index (χ4n) is 1.90. The van der Waals surface area contributed by atoms with Crippen LogP contribution >= 0.6 is 0 Å². The van der Waals surface area contributed by atoms with Crippen molar-refractivity contribution in [2.45, 2.75) is 20.4 Å². The Balaban J connectivity index is 1.93. The van der Waals surface area contributed by atoms with E-state index in [0.717, 1.165) is 35.2 Å². The van der Waals surface area contributed by atoms with Crippen LogP contribution in [0.5, 0.6) is 0 Å². The lowest BCUT2D eigenvalue weighted by molar-refractivity contribution is -0.118. The van der Waals surface area contributed by atoms with E-state index in [1.54, 1.807) is 6.20 Å². The predicted octanol–water partition coefficient (Wildman–Crippen LogP) is 1.16. The van der Waals surface area contributed by atoms with Crippen LogP contribution < -0.4 is 10.6 Å². The van der Waals surface area contributed by atoms with Crippen LogP contribution in [0, 0.1) is 6.92 Å². The van der Waals surface area contributed by atoms with E-state index in [0.29, 0.717) is 6.54 Å². The van der Waals surface area contributed by atoms with Crippen LogP contribution in [0.4, 0.5) is 0 Å². The largest absolute Gasteiger partial charge is 0.355 e. The first kappa shape index (κ1) is 13.4. The number of nitrogens with zero attached hydrogens (tertiary/aromatic N) is 2. The monoisotopic (exact) mass is 258 g/mol. The van der Waals surface area contributed by atoms with Crippen molar-refractivity contribution in [1.82, 2.24) is 20.6 Å². The summed E-state index contributed by atoms with van der Waals surface area (Å²) in [5.74, 6) is -0.00264. The summed E-state index contributed by atoms with van der Waals surface area (Å²) in [7, 11) is 0. The molecule has 19 heavy (non-hydrogen) atoms. The van der Waals surface area contributed by atoms with Gasteiger partial charge in [0, 0.05) is 44.3 Å². The first-order chi connectivity index (χ1) is 9.16. The van der Waals surface area contributed by atoms with Crippen molar-refractivity contribution in [3.05, 3.63) is 35.8 Å². The minimum atomic E-state index is -0.00264. The second-order valence-electron chi connectivity index (χ2n) is 4.47. The topological polar surface area (TPSA) is 66.9 Å². The zero-order chi connectivity index (χ0) is 13.7. The smallest absolute Gasteiger partial charge is 0.216 e. The maximum Gasteiger partial charge on any atom is 0.216 e. The third-order valence-electron chi connectivity index (χ3n) is 2.84. The first-order valence-electron chi connectivity index (χ1n) is 6.32. The number of fused-ring (bicyclic) bond motifs is 1. The molecule has 0 atom stereocenters. The molecule has 2 N–H and O–H groups in total. The summed E-state index contributed by atoms with van der Waals surface area (Å²) in [4.78, 5) is 19.4. The fourth-order valence-corrected chi connectivity index (χ4v) is 1.90. The zero-order valence-corrected chi connectivity index (χ0v) is 11.2. The molecule has 0 radical (unpaired) electrons. The van der Waals surface area contributed by atoms with Crippen LogP contribution in [0.3, 0.4) is 0 Å². The SMILES string of the molecule is CC(=O)NCCNCc1cnc2c(C)nccc2c1. The Morgan fingerprint density at radius 3 is 2.95 bits per heavy atom. The van der Waals surface area contributed by atoms with E-state index >= 15 is 0 Å². The number of pyridine rings is 2. The molecule has 2 rings (SSSR count). The highest BCUT2D eigenvalue weighted by atomic mass is 16.1. The van der Waals surface area contributed by atoms with Crippen LogP contribution in [0.2, 0.25) is 0 Å². The van der Waals surface area contributed by atoms with Crippen molar-refractivity contribution in [2.75, 3.05) is 13.1 Å². The third kappa shape index (κ3) is 3.72. The van der Waals surface area contributed by atoms with Crippen molar-refractivity contribution in [2.24, 2.45) is 0 Å². The molecule has 100 valence electrons. The molecular weight excluding hydrogens is 240 g/mol.